The second-order valence-corrected chi connectivity index (χ2v) is 5.24. The number of ether oxygens (including phenoxy) is 1. The predicted octanol–water partition coefficient (Wildman–Crippen LogP) is 2.99. The molecule has 5 nitrogen and oxygen atoms in total. The molecule has 0 aliphatic heterocycles. The van der Waals surface area contributed by atoms with Crippen LogP contribution < -0.4 is 15.4 Å². The van der Waals surface area contributed by atoms with E-state index in [0.29, 0.717) is 23.0 Å². The molecule has 2 aromatic rings. The Morgan fingerprint density at radius 2 is 1.83 bits per heavy atom. The second-order valence-electron chi connectivity index (χ2n) is 4.84. The molecule has 0 aliphatic rings. The first kappa shape index (κ1) is 16.8. The van der Waals surface area contributed by atoms with Gasteiger partial charge in [-0.05, 0) is 23.8 Å². The molecular weight excluding hydrogens is 316 g/mol. The van der Waals surface area contributed by atoms with Gasteiger partial charge in [-0.1, -0.05) is 41.9 Å². The number of carbonyl (C=O) groups is 2. The zero-order valence-electron chi connectivity index (χ0n) is 12.6. The Morgan fingerprint density at radius 3 is 2.48 bits per heavy atom. The summed E-state index contributed by atoms with van der Waals surface area (Å²) in [7, 11) is 1.51. The average molecular weight is 333 g/mol. The lowest BCUT2D eigenvalue weighted by Crippen LogP contribution is -2.27. The normalized spacial score (nSPS) is 10.0. The highest BCUT2D eigenvalue weighted by molar-refractivity contribution is 6.32. The zero-order chi connectivity index (χ0) is 16.7. The van der Waals surface area contributed by atoms with E-state index in [0.717, 1.165) is 5.56 Å². The molecule has 0 saturated carbocycles. The molecule has 0 aromatic heterocycles. The number of nitrogens with one attached hydrogen (secondary N) is 2. The first-order valence-corrected chi connectivity index (χ1v) is 7.40. The molecule has 2 rings (SSSR count). The van der Waals surface area contributed by atoms with E-state index < -0.39 is 5.91 Å². The van der Waals surface area contributed by atoms with E-state index in [-0.39, 0.29) is 12.3 Å². The number of halogens is 1. The number of benzene rings is 2. The Kier molecular flexibility index (Phi) is 6.00. The van der Waals surface area contributed by atoms with Crippen LogP contribution in [0.15, 0.2) is 48.5 Å². The summed E-state index contributed by atoms with van der Waals surface area (Å²) < 4.78 is 5.03. The minimum atomic E-state index is -0.406. The van der Waals surface area contributed by atoms with Gasteiger partial charge in [0.25, 0.3) is 0 Å². The van der Waals surface area contributed by atoms with Gasteiger partial charge < -0.3 is 15.4 Å². The quantitative estimate of drug-likeness (QED) is 0.799. The molecule has 23 heavy (non-hydrogen) atoms. The molecule has 2 amide bonds. The van der Waals surface area contributed by atoms with Crippen LogP contribution >= 0.6 is 11.6 Å². The van der Waals surface area contributed by atoms with E-state index in [4.69, 9.17) is 16.3 Å². The maximum atomic E-state index is 11.9. The number of methoxy groups -OCH3 is 1. The molecule has 0 bridgehead atoms. The molecular formula is C17H17ClN2O3. The Labute approximate surface area is 139 Å². The lowest BCUT2D eigenvalue weighted by atomic mass is 10.2. The molecule has 0 fully saturated rings. The molecule has 0 heterocycles. The second kappa shape index (κ2) is 8.19. The average Bonchev–Trinajstić information content (AvgIpc) is 2.54. The van der Waals surface area contributed by atoms with E-state index in [1.807, 2.05) is 30.3 Å². The van der Waals surface area contributed by atoms with Crippen molar-refractivity contribution in [2.24, 2.45) is 0 Å². The smallest absolute Gasteiger partial charge is 0.233 e. The van der Waals surface area contributed by atoms with Crippen LogP contribution in [0.4, 0.5) is 5.69 Å². The maximum absolute atomic E-state index is 11.9. The minimum absolute atomic E-state index is 0.253. The Hall–Kier alpha value is -2.53. The molecule has 0 unspecified atom stereocenters. The van der Waals surface area contributed by atoms with Crippen molar-refractivity contribution in [2.75, 3.05) is 12.4 Å². The monoisotopic (exact) mass is 332 g/mol. The fourth-order valence-electron chi connectivity index (χ4n) is 1.95. The summed E-state index contributed by atoms with van der Waals surface area (Å²) in [6, 6.07) is 14.4. The SMILES string of the molecule is COc1ccc(NC(=O)CC(=O)NCc2ccccc2)cc1Cl. The predicted molar refractivity (Wildman–Crippen MR) is 89.5 cm³/mol. The summed E-state index contributed by atoms with van der Waals surface area (Å²) in [5, 5.41) is 5.71. The molecule has 6 heteroatoms. The van der Waals surface area contributed by atoms with Gasteiger partial charge in [0.1, 0.15) is 12.2 Å². The number of carbonyl (C=O) groups excluding carboxylic acids is 2. The lowest BCUT2D eigenvalue weighted by molar-refractivity contribution is -0.126. The summed E-state index contributed by atoms with van der Waals surface area (Å²) in [6.07, 6.45) is -0.253. The van der Waals surface area contributed by atoms with Crippen LogP contribution in [0.25, 0.3) is 0 Å². The molecule has 2 N–H and O–H groups in total. The van der Waals surface area contributed by atoms with Gasteiger partial charge in [0, 0.05) is 12.2 Å². The van der Waals surface area contributed by atoms with E-state index in [1.54, 1.807) is 18.2 Å². The number of hydrogen-bond acceptors (Lipinski definition) is 3. The summed E-state index contributed by atoms with van der Waals surface area (Å²) in [5.74, 6) is -0.229. The van der Waals surface area contributed by atoms with Crippen molar-refractivity contribution in [3.63, 3.8) is 0 Å². The summed E-state index contributed by atoms with van der Waals surface area (Å²) >= 11 is 5.98. The molecule has 0 spiro atoms. The van der Waals surface area contributed by atoms with Gasteiger partial charge in [0.05, 0.1) is 12.1 Å². The van der Waals surface area contributed by atoms with Crippen molar-refractivity contribution >= 4 is 29.1 Å². The zero-order valence-corrected chi connectivity index (χ0v) is 13.4. The molecule has 0 aliphatic carbocycles. The number of anilines is 1. The summed E-state index contributed by atoms with van der Waals surface area (Å²) in [6.45, 7) is 0.390. The number of amides is 2. The Balaban J connectivity index is 1.82. The van der Waals surface area contributed by atoms with E-state index in [2.05, 4.69) is 10.6 Å². The van der Waals surface area contributed by atoms with Gasteiger partial charge in [0.15, 0.2) is 0 Å². The standard InChI is InChI=1S/C17H17ClN2O3/c1-23-15-8-7-13(9-14(15)18)20-17(22)10-16(21)19-11-12-5-3-2-4-6-12/h2-9H,10-11H2,1H3,(H,19,21)(H,20,22). The fraction of sp³-hybridized carbons (Fsp3) is 0.176. The fourth-order valence-corrected chi connectivity index (χ4v) is 2.21. The van der Waals surface area contributed by atoms with Gasteiger partial charge in [-0.2, -0.15) is 0 Å². The third-order valence-corrected chi connectivity index (χ3v) is 3.38. The van der Waals surface area contributed by atoms with Crippen LogP contribution in [0.3, 0.4) is 0 Å². The Morgan fingerprint density at radius 1 is 1.09 bits per heavy atom. The van der Waals surface area contributed by atoms with Crippen LogP contribution in [-0.2, 0) is 16.1 Å². The van der Waals surface area contributed by atoms with E-state index >= 15 is 0 Å². The number of rotatable bonds is 6. The first-order chi connectivity index (χ1) is 11.1. The van der Waals surface area contributed by atoms with Crippen LogP contribution in [0.2, 0.25) is 5.02 Å². The summed E-state index contributed by atoms with van der Waals surface area (Å²) in [4.78, 5) is 23.6. The van der Waals surface area contributed by atoms with Crippen molar-refractivity contribution < 1.29 is 14.3 Å². The van der Waals surface area contributed by atoms with Crippen LogP contribution in [0, 0.1) is 0 Å². The van der Waals surface area contributed by atoms with Gasteiger partial charge in [-0.25, -0.2) is 0 Å². The van der Waals surface area contributed by atoms with Crippen molar-refractivity contribution in [2.45, 2.75) is 13.0 Å². The maximum Gasteiger partial charge on any atom is 0.233 e. The molecule has 0 radical (unpaired) electrons. The third kappa shape index (κ3) is 5.30. The van der Waals surface area contributed by atoms with Gasteiger partial charge in [-0.3, -0.25) is 9.59 Å². The van der Waals surface area contributed by atoms with Crippen molar-refractivity contribution in [3.8, 4) is 5.75 Å². The van der Waals surface area contributed by atoms with Gasteiger partial charge in [-0.15, -0.1) is 0 Å². The van der Waals surface area contributed by atoms with Crippen molar-refractivity contribution in [3.05, 3.63) is 59.1 Å². The third-order valence-electron chi connectivity index (χ3n) is 3.09. The highest BCUT2D eigenvalue weighted by atomic mass is 35.5. The molecule has 0 saturated heterocycles. The van der Waals surface area contributed by atoms with Crippen LogP contribution in [-0.4, -0.2) is 18.9 Å². The summed E-state index contributed by atoms with van der Waals surface area (Å²) in [5.41, 5.74) is 1.49. The van der Waals surface area contributed by atoms with Crippen molar-refractivity contribution in [1.29, 1.82) is 0 Å². The topological polar surface area (TPSA) is 67.4 Å². The lowest BCUT2D eigenvalue weighted by Gasteiger charge is -2.08. The van der Waals surface area contributed by atoms with Gasteiger partial charge in [0.2, 0.25) is 11.8 Å². The van der Waals surface area contributed by atoms with E-state index in [1.165, 1.54) is 7.11 Å². The Bertz CT molecular complexity index is 689. The molecule has 0 atom stereocenters. The van der Waals surface area contributed by atoms with E-state index in [9.17, 15) is 9.59 Å². The highest BCUT2D eigenvalue weighted by Crippen LogP contribution is 2.27. The molecule has 2 aromatic carbocycles. The largest absolute Gasteiger partial charge is 0.495 e. The minimum Gasteiger partial charge on any atom is -0.495 e. The van der Waals surface area contributed by atoms with Crippen LogP contribution in [0.1, 0.15) is 12.0 Å². The van der Waals surface area contributed by atoms with Gasteiger partial charge >= 0.3 is 0 Å². The number of hydrogen-bond donors (Lipinski definition) is 2. The van der Waals surface area contributed by atoms with Crippen molar-refractivity contribution in [1.82, 2.24) is 5.32 Å². The molecule has 120 valence electrons. The highest BCUT2D eigenvalue weighted by Gasteiger charge is 2.10. The van der Waals surface area contributed by atoms with Crippen LogP contribution in [0.5, 0.6) is 5.75 Å². The first-order valence-electron chi connectivity index (χ1n) is 7.02.